The highest BCUT2D eigenvalue weighted by molar-refractivity contribution is 5.86. The van der Waals surface area contributed by atoms with Crippen molar-refractivity contribution in [2.24, 2.45) is 11.7 Å². The summed E-state index contributed by atoms with van der Waals surface area (Å²) in [6.45, 7) is 2.92. The molecule has 36 heavy (non-hydrogen) atoms. The molecule has 1 aromatic heterocycles. The first-order valence-electron chi connectivity index (χ1n) is 13.9. The van der Waals surface area contributed by atoms with Gasteiger partial charge in [-0.1, -0.05) is 43.5 Å². The largest absolute Gasteiger partial charge is 0.353 e. The zero-order valence-electron chi connectivity index (χ0n) is 21.5. The van der Waals surface area contributed by atoms with Gasteiger partial charge in [0.15, 0.2) is 0 Å². The molecule has 0 spiro atoms. The van der Waals surface area contributed by atoms with E-state index in [0.717, 1.165) is 54.3 Å². The Bertz CT molecular complexity index is 1170. The molecule has 192 valence electrons. The third-order valence-corrected chi connectivity index (χ3v) is 8.37. The van der Waals surface area contributed by atoms with E-state index < -0.39 is 0 Å². The molecule has 2 aromatic carbocycles. The number of amides is 1. The second-order valence-electron chi connectivity index (χ2n) is 11.3. The zero-order valence-corrected chi connectivity index (χ0v) is 21.5. The second-order valence-corrected chi connectivity index (χ2v) is 11.3. The summed E-state index contributed by atoms with van der Waals surface area (Å²) in [5.74, 6) is 0.273. The highest BCUT2D eigenvalue weighted by atomic mass is 19.1. The fraction of sp³-hybridized carbons (Fsp3) is 0.516. The van der Waals surface area contributed by atoms with Gasteiger partial charge >= 0.3 is 0 Å². The Morgan fingerprint density at radius 2 is 1.81 bits per heavy atom. The predicted octanol–water partition coefficient (Wildman–Crippen LogP) is 6.58. The molecule has 0 saturated heterocycles. The molecule has 3 N–H and O–H groups in total. The maximum absolute atomic E-state index is 14.6. The second kappa shape index (κ2) is 11.2. The Morgan fingerprint density at radius 1 is 1.06 bits per heavy atom. The lowest BCUT2D eigenvalue weighted by Crippen LogP contribution is -2.40. The summed E-state index contributed by atoms with van der Waals surface area (Å²) in [4.78, 5) is 13.3. The van der Waals surface area contributed by atoms with Crippen molar-refractivity contribution in [1.82, 2.24) is 9.88 Å². The normalized spacial score (nSPS) is 22.0. The lowest BCUT2D eigenvalue weighted by Gasteiger charge is -2.27. The number of benzene rings is 2. The van der Waals surface area contributed by atoms with Gasteiger partial charge in [-0.2, -0.15) is 0 Å². The molecule has 0 bridgehead atoms. The van der Waals surface area contributed by atoms with Gasteiger partial charge in [0.1, 0.15) is 5.82 Å². The SMILES string of the molecule is Cc1cc(F)cc(C(CC(=O)N[C@H]2CC[C@H](N)CC2)c2cn(CC3CCCCC3)c3ccccc23)c1. The molecule has 2 aliphatic carbocycles. The van der Waals surface area contributed by atoms with Crippen LogP contribution in [0, 0.1) is 18.7 Å². The minimum atomic E-state index is -0.248. The van der Waals surface area contributed by atoms with E-state index in [2.05, 4.69) is 40.3 Å². The van der Waals surface area contributed by atoms with Crippen LogP contribution in [0.5, 0.6) is 0 Å². The number of nitrogens with one attached hydrogen (secondary N) is 1. The number of carbonyl (C=O) groups excluding carboxylic acids is 1. The standard InChI is InChI=1S/C31H40FN3O/c1-21-15-23(17-24(32)16-21)28(18-31(36)34-26-13-11-25(33)12-14-26)29-20-35(19-22-7-3-2-4-8-22)30-10-6-5-9-27(29)30/h5-6,9-10,15-17,20,22,25-26,28H,2-4,7-8,11-14,18-19,33H2,1H3,(H,34,36)/t25-,26-,28?. The van der Waals surface area contributed by atoms with Crippen LogP contribution in [0.25, 0.3) is 10.9 Å². The average molecular weight is 490 g/mol. The van der Waals surface area contributed by atoms with Crippen molar-refractivity contribution in [3.63, 3.8) is 0 Å². The molecule has 4 nitrogen and oxygen atoms in total. The van der Waals surface area contributed by atoms with Gasteiger partial charge in [0.2, 0.25) is 5.91 Å². The van der Waals surface area contributed by atoms with Crippen LogP contribution in [0.4, 0.5) is 4.39 Å². The van der Waals surface area contributed by atoms with Crippen LogP contribution in [-0.2, 0) is 11.3 Å². The zero-order chi connectivity index (χ0) is 25.1. The average Bonchev–Trinajstić information content (AvgIpc) is 3.22. The first kappa shape index (κ1) is 25.0. The van der Waals surface area contributed by atoms with Crippen LogP contribution in [0.15, 0.2) is 48.7 Å². The summed E-state index contributed by atoms with van der Waals surface area (Å²) >= 11 is 0. The smallest absolute Gasteiger partial charge is 0.221 e. The van der Waals surface area contributed by atoms with Crippen LogP contribution in [0.3, 0.4) is 0 Å². The van der Waals surface area contributed by atoms with E-state index in [0.29, 0.717) is 12.3 Å². The Hall–Kier alpha value is -2.66. The summed E-state index contributed by atoms with van der Waals surface area (Å²) in [5.41, 5.74) is 10.1. The van der Waals surface area contributed by atoms with E-state index in [-0.39, 0.29) is 29.7 Å². The van der Waals surface area contributed by atoms with E-state index in [1.54, 1.807) is 12.1 Å². The number of fused-ring (bicyclic) bond motifs is 1. The van der Waals surface area contributed by atoms with Crippen LogP contribution in [-0.4, -0.2) is 22.6 Å². The third kappa shape index (κ3) is 5.83. The van der Waals surface area contributed by atoms with Gasteiger partial charge < -0.3 is 15.6 Å². The van der Waals surface area contributed by atoms with Crippen LogP contribution < -0.4 is 11.1 Å². The third-order valence-electron chi connectivity index (χ3n) is 8.37. The minimum absolute atomic E-state index is 0.0338. The van der Waals surface area contributed by atoms with Crippen LogP contribution in [0.1, 0.15) is 86.8 Å². The Morgan fingerprint density at radius 3 is 2.56 bits per heavy atom. The van der Waals surface area contributed by atoms with Crippen molar-refractivity contribution >= 4 is 16.8 Å². The summed E-state index contributed by atoms with van der Waals surface area (Å²) in [7, 11) is 0. The molecule has 3 aromatic rings. The lowest BCUT2D eigenvalue weighted by molar-refractivity contribution is -0.122. The molecule has 0 aliphatic heterocycles. The molecule has 5 heteroatoms. The minimum Gasteiger partial charge on any atom is -0.353 e. The van der Waals surface area contributed by atoms with Gasteiger partial charge in [0.25, 0.3) is 0 Å². The number of halogens is 1. The molecular weight excluding hydrogens is 449 g/mol. The fourth-order valence-electron chi connectivity index (χ4n) is 6.46. The molecule has 5 rings (SSSR count). The number of nitrogens with two attached hydrogens (primary N) is 1. The number of hydrogen-bond donors (Lipinski definition) is 2. The monoisotopic (exact) mass is 489 g/mol. The lowest BCUT2D eigenvalue weighted by atomic mass is 9.86. The fourth-order valence-corrected chi connectivity index (χ4v) is 6.46. The van der Waals surface area contributed by atoms with Crippen molar-refractivity contribution in [2.75, 3.05) is 0 Å². The summed E-state index contributed by atoms with van der Waals surface area (Å²) in [5, 5.41) is 4.43. The van der Waals surface area contributed by atoms with E-state index in [4.69, 9.17) is 5.73 Å². The number of para-hydroxylation sites is 1. The van der Waals surface area contributed by atoms with E-state index >= 15 is 0 Å². The number of nitrogens with zero attached hydrogens (tertiary/aromatic N) is 1. The van der Waals surface area contributed by atoms with Crippen molar-refractivity contribution in [1.29, 1.82) is 0 Å². The molecule has 2 saturated carbocycles. The maximum Gasteiger partial charge on any atom is 0.221 e. The van der Waals surface area contributed by atoms with Gasteiger partial charge in [-0.05, 0) is 86.3 Å². The molecule has 1 amide bonds. The van der Waals surface area contributed by atoms with Crippen molar-refractivity contribution in [2.45, 2.75) is 95.7 Å². The molecule has 1 heterocycles. The number of carbonyl (C=O) groups is 1. The molecule has 2 aliphatic rings. The highest BCUT2D eigenvalue weighted by Crippen LogP contribution is 2.37. The number of aromatic nitrogens is 1. The summed E-state index contributed by atoms with van der Waals surface area (Å²) in [6, 6.07) is 14.1. The first-order chi connectivity index (χ1) is 17.5. The van der Waals surface area contributed by atoms with E-state index in [1.165, 1.54) is 37.6 Å². The van der Waals surface area contributed by atoms with Crippen molar-refractivity contribution < 1.29 is 9.18 Å². The first-order valence-corrected chi connectivity index (χ1v) is 13.9. The van der Waals surface area contributed by atoms with Crippen molar-refractivity contribution in [3.05, 3.63) is 71.2 Å². The number of aryl methyl sites for hydroxylation is 1. The van der Waals surface area contributed by atoms with Crippen LogP contribution in [0.2, 0.25) is 0 Å². The van der Waals surface area contributed by atoms with Gasteiger partial charge in [-0.25, -0.2) is 4.39 Å². The Labute approximate surface area is 214 Å². The van der Waals surface area contributed by atoms with Gasteiger partial charge in [-0.3, -0.25) is 4.79 Å². The Kier molecular flexibility index (Phi) is 7.76. The molecule has 2 fully saturated rings. The molecule has 1 unspecified atom stereocenters. The Balaban J connectivity index is 1.47. The molecule has 1 atom stereocenters. The number of hydrogen-bond acceptors (Lipinski definition) is 2. The van der Waals surface area contributed by atoms with Crippen LogP contribution >= 0.6 is 0 Å². The topological polar surface area (TPSA) is 60.1 Å². The maximum atomic E-state index is 14.6. The summed E-state index contributed by atoms with van der Waals surface area (Å²) in [6.07, 6.45) is 12.8. The van der Waals surface area contributed by atoms with Gasteiger partial charge in [0, 0.05) is 48.1 Å². The van der Waals surface area contributed by atoms with Gasteiger partial charge in [0.05, 0.1) is 0 Å². The quantitative estimate of drug-likeness (QED) is 0.394. The molecular formula is C31H40FN3O. The predicted molar refractivity (Wildman–Crippen MR) is 144 cm³/mol. The summed E-state index contributed by atoms with van der Waals surface area (Å²) < 4.78 is 17.0. The molecule has 0 radical (unpaired) electrons. The van der Waals surface area contributed by atoms with E-state index in [1.807, 2.05) is 13.0 Å². The van der Waals surface area contributed by atoms with Crippen molar-refractivity contribution in [3.8, 4) is 0 Å². The van der Waals surface area contributed by atoms with E-state index in [9.17, 15) is 9.18 Å². The highest BCUT2D eigenvalue weighted by Gasteiger charge is 2.26. The number of rotatable bonds is 7. The van der Waals surface area contributed by atoms with Gasteiger partial charge in [-0.15, -0.1) is 0 Å².